The van der Waals surface area contributed by atoms with Gasteiger partial charge in [-0.25, -0.2) is 0 Å². The third kappa shape index (κ3) is 4.90. The van der Waals surface area contributed by atoms with Crippen LogP contribution in [-0.2, 0) is 10.5 Å². The molecule has 2 aromatic rings. The maximum Gasteiger partial charge on any atom is 0.234 e. The highest BCUT2D eigenvalue weighted by molar-refractivity contribution is 9.10. The van der Waals surface area contributed by atoms with E-state index in [1.165, 1.54) is 5.56 Å². The van der Waals surface area contributed by atoms with E-state index < -0.39 is 0 Å². The van der Waals surface area contributed by atoms with Gasteiger partial charge in [-0.3, -0.25) is 4.79 Å². The lowest BCUT2D eigenvalue weighted by Crippen LogP contribution is -2.16. The zero-order valence-corrected chi connectivity index (χ0v) is 14.6. The Bertz CT molecular complexity index is 605. The summed E-state index contributed by atoms with van der Waals surface area (Å²) in [7, 11) is 0. The molecule has 0 heterocycles. The number of benzene rings is 2. The fourth-order valence-corrected chi connectivity index (χ4v) is 3.59. The summed E-state index contributed by atoms with van der Waals surface area (Å²) in [6.45, 7) is 4.01. The minimum absolute atomic E-state index is 0.0458. The molecule has 0 aliphatic rings. The highest BCUT2D eigenvalue weighted by Gasteiger charge is 2.08. The molecule has 0 spiro atoms. The van der Waals surface area contributed by atoms with Gasteiger partial charge in [-0.05, 0) is 42.7 Å². The fourth-order valence-electron chi connectivity index (χ4n) is 2.12. The number of halogens is 1. The molecule has 0 bridgehead atoms. The second-order valence-electron chi connectivity index (χ2n) is 4.94. The quantitative estimate of drug-likeness (QED) is 0.814. The Kier molecular flexibility index (Phi) is 5.88. The van der Waals surface area contributed by atoms with Gasteiger partial charge in [-0.15, -0.1) is 11.8 Å². The van der Waals surface area contributed by atoms with Crippen molar-refractivity contribution in [1.29, 1.82) is 0 Å². The minimum Gasteiger partial charge on any atom is -0.325 e. The van der Waals surface area contributed by atoms with Crippen LogP contribution in [0.25, 0.3) is 0 Å². The van der Waals surface area contributed by atoms with Crippen LogP contribution in [0.4, 0.5) is 5.69 Å². The Morgan fingerprint density at radius 2 is 1.76 bits per heavy atom. The second-order valence-corrected chi connectivity index (χ2v) is 6.84. The lowest BCUT2D eigenvalue weighted by atomic mass is 10.1. The smallest absolute Gasteiger partial charge is 0.234 e. The van der Waals surface area contributed by atoms with Crippen LogP contribution in [0.15, 0.2) is 46.9 Å². The van der Waals surface area contributed by atoms with Crippen LogP contribution in [0.5, 0.6) is 0 Å². The molecular formula is C17H18BrNOS. The minimum atomic E-state index is 0.0458. The molecule has 110 valence electrons. The molecule has 0 fully saturated rings. The predicted octanol–water partition coefficient (Wildman–Crippen LogP) is 4.94. The van der Waals surface area contributed by atoms with Gasteiger partial charge in [0.2, 0.25) is 5.91 Å². The molecule has 0 unspecified atom stereocenters. The summed E-state index contributed by atoms with van der Waals surface area (Å²) in [5, 5.41) is 3.01. The van der Waals surface area contributed by atoms with Crippen molar-refractivity contribution in [3.63, 3.8) is 0 Å². The van der Waals surface area contributed by atoms with Crippen molar-refractivity contribution in [3.05, 3.63) is 63.6 Å². The first-order chi connectivity index (χ1) is 10.1. The van der Waals surface area contributed by atoms with Crippen molar-refractivity contribution in [2.45, 2.75) is 19.6 Å². The average Bonchev–Trinajstić information content (AvgIpc) is 2.44. The number of carbonyl (C=O) groups is 1. The Labute approximate surface area is 138 Å². The van der Waals surface area contributed by atoms with Gasteiger partial charge in [0, 0.05) is 15.9 Å². The molecule has 21 heavy (non-hydrogen) atoms. The first-order valence-electron chi connectivity index (χ1n) is 6.74. The Hall–Kier alpha value is -1.26. The van der Waals surface area contributed by atoms with Crippen molar-refractivity contribution in [1.82, 2.24) is 0 Å². The van der Waals surface area contributed by atoms with Gasteiger partial charge < -0.3 is 5.32 Å². The average molecular weight is 364 g/mol. The van der Waals surface area contributed by atoms with E-state index in [-0.39, 0.29) is 5.91 Å². The van der Waals surface area contributed by atoms with Crippen LogP contribution in [0, 0.1) is 13.8 Å². The zero-order valence-electron chi connectivity index (χ0n) is 12.2. The summed E-state index contributed by atoms with van der Waals surface area (Å²) in [5.74, 6) is 1.36. The number of amides is 1. The molecule has 4 heteroatoms. The molecule has 2 nitrogen and oxygen atoms in total. The van der Waals surface area contributed by atoms with E-state index >= 15 is 0 Å². The fraction of sp³-hybridized carbons (Fsp3) is 0.235. The van der Waals surface area contributed by atoms with Gasteiger partial charge in [0.25, 0.3) is 0 Å². The number of rotatable bonds is 5. The number of carbonyl (C=O) groups excluding carboxylic acids is 1. The van der Waals surface area contributed by atoms with Gasteiger partial charge in [-0.1, -0.05) is 46.3 Å². The number of hydrogen-bond acceptors (Lipinski definition) is 2. The maximum absolute atomic E-state index is 12.0. The van der Waals surface area contributed by atoms with Gasteiger partial charge in [-0.2, -0.15) is 0 Å². The van der Waals surface area contributed by atoms with E-state index in [1.54, 1.807) is 11.8 Å². The summed E-state index contributed by atoms with van der Waals surface area (Å²) in [5.41, 5.74) is 4.31. The van der Waals surface area contributed by atoms with E-state index in [4.69, 9.17) is 0 Å². The predicted molar refractivity (Wildman–Crippen MR) is 94.8 cm³/mol. The largest absolute Gasteiger partial charge is 0.325 e. The van der Waals surface area contributed by atoms with Crippen LogP contribution in [0.1, 0.15) is 16.7 Å². The highest BCUT2D eigenvalue weighted by Crippen LogP contribution is 2.25. The highest BCUT2D eigenvalue weighted by atomic mass is 79.9. The number of nitrogens with one attached hydrogen (secondary N) is 1. The molecule has 0 saturated heterocycles. The standard InChI is InChI=1S/C17H18BrNOS/c1-12-8-15(18)9-13(2)17(12)19-16(20)11-21-10-14-6-4-3-5-7-14/h3-9H,10-11H2,1-2H3,(H,19,20). The van der Waals surface area contributed by atoms with E-state index in [1.807, 2.05) is 44.2 Å². The number of thioether (sulfide) groups is 1. The second kappa shape index (κ2) is 7.66. The molecule has 2 rings (SSSR count). The third-order valence-corrected chi connectivity index (χ3v) is 4.57. The molecule has 0 aliphatic carbocycles. The maximum atomic E-state index is 12.0. The molecule has 0 atom stereocenters. The first-order valence-corrected chi connectivity index (χ1v) is 8.69. The third-order valence-electron chi connectivity index (χ3n) is 3.11. The van der Waals surface area contributed by atoms with E-state index in [9.17, 15) is 4.79 Å². The topological polar surface area (TPSA) is 29.1 Å². The summed E-state index contributed by atoms with van der Waals surface area (Å²) in [6, 6.07) is 14.2. The van der Waals surface area contributed by atoms with Crippen LogP contribution < -0.4 is 5.32 Å². The van der Waals surface area contributed by atoms with Gasteiger partial charge in [0.1, 0.15) is 0 Å². The number of hydrogen-bond donors (Lipinski definition) is 1. The molecule has 1 N–H and O–H groups in total. The molecule has 2 aromatic carbocycles. The van der Waals surface area contributed by atoms with Gasteiger partial charge in [0.05, 0.1) is 5.75 Å². The van der Waals surface area contributed by atoms with Crippen LogP contribution >= 0.6 is 27.7 Å². The van der Waals surface area contributed by atoms with Crippen molar-refractivity contribution >= 4 is 39.3 Å². The van der Waals surface area contributed by atoms with Crippen molar-refractivity contribution < 1.29 is 4.79 Å². The molecule has 0 aromatic heterocycles. The molecule has 1 amide bonds. The summed E-state index contributed by atoms with van der Waals surface area (Å²) in [6.07, 6.45) is 0. The Balaban J connectivity index is 1.88. The van der Waals surface area contributed by atoms with E-state index in [0.717, 1.165) is 27.0 Å². The van der Waals surface area contributed by atoms with Gasteiger partial charge in [0.15, 0.2) is 0 Å². The monoisotopic (exact) mass is 363 g/mol. The van der Waals surface area contributed by atoms with E-state index in [2.05, 4.69) is 33.4 Å². The SMILES string of the molecule is Cc1cc(Br)cc(C)c1NC(=O)CSCc1ccccc1. The van der Waals surface area contributed by atoms with Crippen molar-refractivity contribution in [2.24, 2.45) is 0 Å². The number of anilines is 1. The number of aryl methyl sites for hydroxylation is 2. The lowest BCUT2D eigenvalue weighted by Gasteiger charge is -2.12. The van der Waals surface area contributed by atoms with Crippen molar-refractivity contribution in [3.8, 4) is 0 Å². The van der Waals surface area contributed by atoms with E-state index in [0.29, 0.717) is 5.75 Å². The molecule has 0 saturated carbocycles. The van der Waals surface area contributed by atoms with Crippen LogP contribution in [-0.4, -0.2) is 11.7 Å². The Morgan fingerprint density at radius 3 is 2.38 bits per heavy atom. The molecule has 0 aliphatic heterocycles. The molecule has 0 radical (unpaired) electrons. The van der Waals surface area contributed by atoms with Crippen LogP contribution in [0.3, 0.4) is 0 Å². The zero-order chi connectivity index (χ0) is 15.2. The Morgan fingerprint density at radius 1 is 1.14 bits per heavy atom. The summed E-state index contributed by atoms with van der Waals surface area (Å²) < 4.78 is 1.04. The van der Waals surface area contributed by atoms with Crippen LogP contribution in [0.2, 0.25) is 0 Å². The molecular weight excluding hydrogens is 346 g/mol. The first kappa shape index (κ1) is 16.1. The lowest BCUT2D eigenvalue weighted by molar-refractivity contribution is -0.113. The van der Waals surface area contributed by atoms with Gasteiger partial charge >= 0.3 is 0 Å². The summed E-state index contributed by atoms with van der Waals surface area (Å²) >= 11 is 5.09. The van der Waals surface area contributed by atoms with Crippen molar-refractivity contribution in [2.75, 3.05) is 11.1 Å². The summed E-state index contributed by atoms with van der Waals surface area (Å²) in [4.78, 5) is 12.0. The normalized spacial score (nSPS) is 10.4.